The Morgan fingerprint density at radius 1 is 1.20 bits per heavy atom. The minimum atomic E-state index is 0.509. The van der Waals surface area contributed by atoms with Crippen molar-refractivity contribution >= 4 is 0 Å². The first-order valence-corrected chi connectivity index (χ1v) is 4.81. The van der Waals surface area contributed by atoms with Gasteiger partial charge >= 0.3 is 0 Å². The summed E-state index contributed by atoms with van der Waals surface area (Å²) in [6, 6.07) is 6.03. The minimum absolute atomic E-state index is 0.509. The standard InChI is InChI=1S/C12H15NO2/c1-9-11(14-2)7-10(5-4-6-13)8-12(9)15-3/h7-8H,4-5H2,1-3H3. The van der Waals surface area contributed by atoms with Crippen molar-refractivity contribution in [2.75, 3.05) is 14.2 Å². The van der Waals surface area contributed by atoms with Crippen molar-refractivity contribution in [3.05, 3.63) is 23.3 Å². The zero-order valence-corrected chi connectivity index (χ0v) is 9.33. The van der Waals surface area contributed by atoms with E-state index < -0.39 is 0 Å². The van der Waals surface area contributed by atoms with Crippen molar-refractivity contribution < 1.29 is 9.47 Å². The Bertz CT molecular complexity index is 355. The molecular formula is C12H15NO2. The van der Waals surface area contributed by atoms with E-state index in [4.69, 9.17) is 14.7 Å². The van der Waals surface area contributed by atoms with Crippen molar-refractivity contribution in [3.8, 4) is 17.6 Å². The van der Waals surface area contributed by atoms with E-state index in [-0.39, 0.29) is 0 Å². The third-order valence-corrected chi connectivity index (χ3v) is 2.34. The summed E-state index contributed by atoms with van der Waals surface area (Å²) in [6.45, 7) is 1.95. The molecule has 1 aromatic carbocycles. The van der Waals surface area contributed by atoms with Gasteiger partial charge in [-0.05, 0) is 31.0 Å². The maximum atomic E-state index is 8.52. The molecule has 0 radical (unpaired) electrons. The van der Waals surface area contributed by atoms with E-state index in [0.29, 0.717) is 6.42 Å². The summed E-state index contributed by atoms with van der Waals surface area (Å²) in [4.78, 5) is 0. The van der Waals surface area contributed by atoms with Gasteiger partial charge < -0.3 is 9.47 Å². The summed E-state index contributed by atoms with van der Waals surface area (Å²) in [6.07, 6.45) is 1.23. The normalized spacial score (nSPS) is 9.47. The van der Waals surface area contributed by atoms with Gasteiger partial charge in [-0.2, -0.15) is 5.26 Å². The molecule has 0 saturated carbocycles. The fraction of sp³-hybridized carbons (Fsp3) is 0.417. The Balaban J connectivity index is 3.04. The van der Waals surface area contributed by atoms with Crippen molar-refractivity contribution in [2.24, 2.45) is 0 Å². The predicted molar refractivity (Wildman–Crippen MR) is 58.2 cm³/mol. The molecule has 0 amide bonds. The molecule has 80 valence electrons. The number of nitrogens with zero attached hydrogens (tertiary/aromatic N) is 1. The summed E-state index contributed by atoms with van der Waals surface area (Å²) in [7, 11) is 3.27. The summed E-state index contributed by atoms with van der Waals surface area (Å²) < 4.78 is 10.5. The molecule has 1 rings (SSSR count). The third kappa shape index (κ3) is 2.63. The van der Waals surface area contributed by atoms with Crippen LogP contribution in [0.2, 0.25) is 0 Å². The summed E-state index contributed by atoms with van der Waals surface area (Å²) in [5, 5.41) is 8.52. The number of hydrogen-bond donors (Lipinski definition) is 0. The van der Waals surface area contributed by atoms with Gasteiger partial charge in [0.15, 0.2) is 0 Å². The maximum absolute atomic E-state index is 8.52. The van der Waals surface area contributed by atoms with E-state index >= 15 is 0 Å². The molecule has 0 aliphatic rings. The SMILES string of the molecule is COc1cc(CCC#N)cc(OC)c1C. The van der Waals surface area contributed by atoms with Crippen molar-refractivity contribution in [2.45, 2.75) is 19.8 Å². The fourth-order valence-corrected chi connectivity index (χ4v) is 1.48. The summed E-state index contributed by atoms with van der Waals surface area (Å²) >= 11 is 0. The molecule has 3 nitrogen and oxygen atoms in total. The quantitative estimate of drug-likeness (QED) is 0.758. The van der Waals surface area contributed by atoms with Gasteiger partial charge in [-0.3, -0.25) is 0 Å². The number of hydrogen-bond acceptors (Lipinski definition) is 3. The molecule has 0 N–H and O–H groups in total. The van der Waals surface area contributed by atoms with Crippen LogP contribution in [0.3, 0.4) is 0 Å². The van der Waals surface area contributed by atoms with Crippen LogP contribution in [-0.4, -0.2) is 14.2 Å². The van der Waals surface area contributed by atoms with Crippen molar-refractivity contribution in [3.63, 3.8) is 0 Å². The van der Waals surface area contributed by atoms with Gasteiger partial charge in [0.25, 0.3) is 0 Å². The smallest absolute Gasteiger partial charge is 0.125 e. The van der Waals surface area contributed by atoms with Crippen LogP contribution in [0.15, 0.2) is 12.1 Å². The lowest BCUT2D eigenvalue weighted by atomic mass is 10.1. The number of nitriles is 1. The average molecular weight is 205 g/mol. The molecule has 0 saturated heterocycles. The highest BCUT2D eigenvalue weighted by atomic mass is 16.5. The highest BCUT2D eigenvalue weighted by Gasteiger charge is 2.07. The zero-order valence-electron chi connectivity index (χ0n) is 9.33. The molecule has 0 atom stereocenters. The largest absolute Gasteiger partial charge is 0.496 e. The lowest BCUT2D eigenvalue weighted by Crippen LogP contribution is -1.95. The van der Waals surface area contributed by atoms with E-state index in [0.717, 1.165) is 29.0 Å². The molecule has 0 aromatic heterocycles. The number of benzene rings is 1. The van der Waals surface area contributed by atoms with Gasteiger partial charge in [-0.1, -0.05) is 0 Å². The molecule has 0 aliphatic carbocycles. The first-order valence-electron chi connectivity index (χ1n) is 4.81. The maximum Gasteiger partial charge on any atom is 0.125 e. The number of aryl methyl sites for hydroxylation is 1. The van der Waals surface area contributed by atoms with Crippen LogP contribution in [0.5, 0.6) is 11.5 Å². The van der Waals surface area contributed by atoms with Gasteiger partial charge in [0, 0.05) is 12.0 Å². The van der Waals surface area contributed by atoms with Gasteiger partial charge in [0.05, 0.1) is 20.3 Å². The molecule has 3 heteroatoms. The molecule has 0 bridgehead atoms. The lowest BCUT2D eigenvalue weighted by Gasteiger charge is -2.11. The lowest BCUT2D eigenvalue weighted by molar-refractivity contribution is 0.388. The Kier molecular flexibility index (Phi) is 3.99. The van der Waals surface area contributed by atoms with Gasteiger partial charge in [-0.25, -0.2) is 0 Å². The Labute approximate surface area is 90.2 Å². The van der Waals surface area contributed by atoms with E-state index in [9.17, 15) is 0 Å². The third-order valence-electron chi connectivity index (χ3n) is 2.34. The van der Waals surface area contributed by atoms with Crippen molar-refractivity contribution in [1.29, 1.82) is 5.26 Å². The molecule has 1 aromatic rings. The van der Waals surface area contributed by atoms with Crippen LogP contribution in [0.1, 0.15) is 17.5 Å². The van der Waals surface area contributed by atoms with E-state index in [1.807, 2.05) is 19.1 Å². The first kappa shape index (κ1) is 11.4. The molecule has 0 aliphatic heterocycles. The van der Waals surface area contributed by atoms with Gasteiger partial charge in [0.2, 0.25) is 0 Å². The van der Waals surface area contributed by atoms with Crippen LogP contribution in [0.25, 0.3) is 0 Å². The minimum Gasteiger partial charge on any atom is -0.496 e. The Hall–Kier alpha value is -1.69. The second kappa shape index (κ2) is 5.26. The first-order chi connectivity index (χ1) is 7.22. The van der Waals surface area contributed by atoms with Gasteiger partial charge in [0.1, 0.15) is 11.5 Å². The van der Waals surface area contributed by atoms with Crippen LogP contribution in [0.4, 0.5) is 0 Å². The summed E-state index contributed by atoms with van der Waals surface area (Å²) in [5.74, 6) is 1.62. The molecule has 0 fully saturated rings. The second-order valence-corrected chi connectivity index (χ2v) is 3.28. The molecular weight excluding hydrogens is 190 g/mol. The Morgan fingerprint density at radius 2 is 1.73 bits per heavy atom. The van der Waals surface area contributed by atoms with Crippen LogP contribution in [-0.2, 0) is 6.42 Å². The highest BCUT2D eigenvalue weighted by Crippen LogP contribution is 2.29. The second-order valence-electron chi connectivity index (χ2n) is 3.28. The van der Waals surface area contributed by atoms with E-state index in [2.05, 4.69) is 6.07 Å². The van der Waals surface area contributed by atoms with Crippen LogP contribution >= 0.6 is 0 Å². The molecule has 0 spiro atoms. The van der Waals surface area contributed by atoms with Crippen LogP contribution < -0.4 is 9.47 Å². The van der Waals surface area contributed by atoms with E-state index in [1.54, 1.807) is 14.2 Å². The fourth-order valence-electron chi connectivity index (χ4n) is 1.48. The number of methoxy groups -OCH3 is 2. The number of ether oxygens (including phenoxy) is 2. The monoisotopic (exact) mass is 205 g/mol. The topological polar surface area (TPSA) is 42.2 Å². The van der Waals surface area contributed by atoms with E-state index in [1.165, 1.54) is 0 Å². The highest BCUT2D eigenvalue weighted by molar-refractivity contribution is 5.47. The predicted octanol–water partition coefficient (Wildman–Crippen LogP) is 2.47. The number of rotatable bonds is 4. The van der Waals surface area contributed by atoms with Crippen LogP contribution in [0, 0.1) is 18.3 Å². The van der Waals surface area contributed by atoms with Gasteiger partial charge in [-0.15, -0.1) is 0 Å². The molecule has 0 heterocycles. The average Bonchev–Trinajstić information content (AvgIpc) is 2.27. The Morgan fingerprint density at radius 3 is 2.13 bits per heavy atom. The zero-order chi connectivity index (χ0) is 11.3. The molecule has 15 heavy (non-hydrogen) atoms. The summed E-state index contributed by atoms with van der Waals surface area (Å²) in [5.41, 5.74) is 2.05. The molecule has 0 unspecified atom stereocenters. The van der Waals surface area contributed by atoms with Crippen molar-refractivity contribution in [1.82, 2.24) is 0 Å².